The number of allylic oxidation sites excluding steroid dienone is 4. The number of carbonyl (C=O) groups excluding carboxylic acids is 2. The van der Waals surface area contributed by atoms with Crippen molar-refractivity contribution in [1.82, 2.24) is 0 Å². The Balaban J connectivity index is 2.43. The normalized spacial score (nSPS) is 15.6. The summed E-state index contributed by atoms with van der Waals surface area (Å²) in [6.45, 7) is 0. The zero-order valence-electron chi connectivity index (χ0n) is 8.14. The second-order valence-corrected chi connectivity index (χ2v) is 3.37. The van der Waals surface area contributed by atoms with Gasteiger partial charge in [0.05, 0.1) is 0 Å². The highest BCUT2D eigenvalue weighted by Gasteiger charge is 2.15. The van der Waals surface area contributed by atoms with E-state index < -0.39 is 0 Å². The predicted octanol–water partition coefficient (Wildman–Crippen LogP) is 2.17. The van der Waals surface area contributed by atoms with Gasteiger partial charge in [-0.1, -0.05) is 36.4 Å². The summed E-state index contributed by atoms with van der Waals surface area (Å²) in [4.78, 5) is 22.2. The molecule has 2 nitrogen and oxygen atoms in total. The summed E-state index contributed by atoms with van der Waals surface area (Å²) in [6, 6.07) is 9.40. The maximum absolute atomic E-state index is 11.6. The van der Waals surface area contributed by atoms with Gasteiger partial charge in [-0.2, -0.15) is 0 Å². The van der Waals surface area contributed by atoms with Crippen molar-refractivity contribution < 1.29 is 9.59 Å². The minimum atomic E-state index is 0.0619. The van der Waals surface area contributed by atoms with Crippen LogP contribution in [-0.4, -0.2) is 12.1 Å². The second kappa shape index (κ2) is 4.05. The Morgan fingerprint density at radius 2 is 1.87 bits per heavy atom. The maximum atomic E-state index is 11.6. The summed E-state index contributed by atoms with van der Waals surface area (Å²) in [7, 11) is 0. The highest BCUT2D eigenvalue weighted by atomic mass is 16.1. The molecule has 0 amide bonds. The van der Waals surface area contributed by atoms with Crippen LogP contribution >= 0.6 is 0 Å². The number of hydrogen-bond donors (Lipinski definition) is 0. The van der Waals surface area contributed by atoms with Crippen LogP contribution in [0.4, 0.5) is 0 Å². The van der Waals surface area contributed by atoms with Gasteiger partial charge in [-0.15, -0.1) is 0 Å². The summed E-state index contributed by atoms with van der Waals surface area (Å²) in [5.74, 6) is 0.0619. The smallest absolute Gasteiger partial charge is 0.167 e. The number of aldehydes is 1. The minimum Gasteiger partial charge on any atom is -0.298 e. The molecule has 0 unspecified atom stereocenters. The second-order valence-electron chi connectivity index (χ2n) is 3.37. The maximum Gasteiger partial charge on any atom is 0.167 e. The van der Waals surface area contributed by atoms with Crippen LogP contribution in [0.5, 0.6) is 0 Å². The van der Waals surface area contributed by atoms with Crippen LogP contribution in [0.2, 0.25) is 0 Å². The van der Waals surface area contributed by atoms with Gasteiger partial charge in [0.1, 0.15) is 6.29 Å². The Labute approximate surface area is 87.9 Å². The lowest BCUT2D eigenvalue weighted by Crippen LogP contribution is -2.05. The first-order valence-corrected chi connectivity index (χ1v) is 4.77. The van der Waals surface area contributed by atoms with E-state index >= 15 is 0 Å². The summed E-state index contributed by atoms with van der Waals surface area (Å²) in [5, 5.41) is 0. The van der Waals surface area contributed by atoms with E-state index in [1.165, 1.54) is 0 Å². The molecule has 0 N–H and O–H groups in total. The Morgan fingerprint density at radius 1 is 1.13 bits per heavy atom. The van der Waals surface area contributed by atoms with E-state index in [0.717, 1.165) is 11.8 Å². The summed E-state index contributed by atoms with van der Waals surface area (Å²) in [6.07, 6.45) is 4.39. The van der Waals surface area contributed by atoms with Crippen molar-refractivity contribution in [3.8, 4) is 0 Å². The number of ketones is 1. The van der Waals surface area contributed by atoms with Gasteiger partial charge >= 0.3 is 0 Å². The quantitative estimate of drug-likeness (QED) is 0.682. The molecule has 0 aromatic heterocycles. The number of rotatable bonds is 2. The third-order valence-corrected chi connectivity index (χ3v) is 2.36. The highest BCUT2D eigenvalue weighted by molar-refractivity contribution is 6.23. The van der Waals surface area contributed by atoms with E-state index in [4.69, 9.17) is 0 Å². The molecule has 0 bridgehead atoms. The molecule has 1 aromatic rings. The van der Waals surface area contributed by atoms with Gasteiger partial charge < -0.3 is 0 Å². The number of hydrogen-bond acceptors (Lipinski definition) is 2. The molecule has 15 heavy (non-hydrogen) atoms. The molecule has 0 atom stereocenters. The van der Waals surface area contributed by atoms with Crippen molar-refractivity contribution >= 4 is 17.6 Å². The Hall–Kier alpha value is -1.96. The van der Waals surface area contributed by atoms with Crippen LogP contribution in [-0.2, 0) is 9.59 Å². The van der Waals surface area contributed by atoms with Gasteiger partial charge in [0.2, 0.25) is 0 Å². The van der Waals surface area contributed by atoms with Crippen LogP contribution in [0, 0.1) is 0 Å². The molecule has 2 rings (SSSR count). The predicted molar refractivity (Wildman–Crippen MR) is 58.2 cm³/mol. The molecule has 74 valence electrons. The van der Waals surface area contributed by atoms with Gasteiger partial charge in [-0.3, -0.25) is 9.59 Å². The minimum absolute atomic E-state index is 0.0619. The Bertz CT molecular complexity index is 453. The molecular formula is C13H10O2. The lowest BCUT2D eigenvalue weighted by molar-refractivity contribution is -0.113. The van der Waals surface area contributed by atoms with Crippen molar-refractivity contribution in [1.29, 1.82) is 0 Å². The summed E-state index contributed by atoms with van der Waals surface area (Å²) < 4.78 is 0. The molecule has 1 aliphatic carbocycles. The molecular weight excluding hydrogens is 188 g/mol. The molecule has 2 heteroatoms. The molecule has 0 radical (unpaired) electrons. The largest absolute Gasteiger partial charge is 0.298 e. The van der Waals surface area contributed by atoms with Crippen LogP contribution in [0.25, 0.3) is 5.57 Å². The van der Waals surface area contributed by atoms with E-state index in [1.54, 1.807) is 12.2 Å². The zero-order chi connectivity index (χ0) is 10.7. The van der Waals surface area contributed by atoms with Gasteiger partial charge in [0, 0.05) is 17.6 Å². The van der Waals surface area contributed by atoms with Crippen LogP contribution in [0.3, 0.4) is 0 Å². The SMILES string of the molecule is O=CC1=CCC(=O)C(c2ccccc2)=C1. The van der Waals surface area contributed by atoms with Gasteiger partial charge in [0.25, 0.3) is 0 Å². The fraction of sp³-hybridized carbons (Fsp3) is 0.0769. The Kier molecular flexibility index (Phi) is 2.59. The topological polar surface area (TPSA) is 34.1 Å². The zero-order valence-corrected chi connectivity index (χ0v) is 8.14. The van der Waals surface area contributed by atoms with Gasteiger partial charge in [-0.25, -0.2) is 0 Å². The van der Waals surface area contributed by atoms with Crippen LogP contribution in [0.1, 0.15) is 12.0 Å². The molecule has 0 saturated heterocycles. The van der Waals surface area contributed by atoms with Crippen molar-refractivity contribution in [2.75, 3.05) is 0 Å². The number of Topliss-reactive ketones (excluding diaryl/α,β-unsaturated/α-hetero) is 1. The number of benzene rings is 1. The lowest BCUT2D eigenvalue weighted by atomic mass is 9.93. The first-order valence-electron chi connectivity index (χ1n) is 4.77. The fourth-order valence-electron chi connectivity index (χ4n) is 1.57. The fourth-order valence-corrected chi connectivity index (χ4v) is 1.57. The first kappa shape index (κ1) is 9.59. The van der Waals surface area contributed by atoms with E-state index in [2.05, 4.69) is 0 Å². The number of carbonyl (C=O) groups is 2. The standard InChI is InChI=1S/C13H10O2/c14-9-10-6-7-13(15)12(8-10)11-4-2-1-3-5-11/h1-6,8-9H,7H2. The third-order valence-electron chi connectivity index (χ3n) is 2.36. The highest BCUT2D eigenvalue weighted by Crippen LogP contribution is 2.22. The average Bonchev–Trinajstić information content (AvgIpc) is 2.31. The van der Waals surface area contributed by atoms with E-state index in [1.807, 2.05) is 30.3 Å². The molecule has 0 spiro atoms. The van der Waals surface area contributed by atoms with Crippen molar-refractivity contribution in [2.24, 2.45) is 0 Å². The lowest BCUT2D eigenvalue weighted by Gasteiger charge is -2.09. The first-order chi connectivity index (χ1) is 7.31. The third kappa shape index (κ3) is 1.94. The molecule has 1 aromatic carbocycles. The van der Waals surface area contributed by atoms with Gasteiger partial charge in [-0.05, 0) is 11.6 Å². The monoisotopic (exact) mass is 198 g/mol. The van der Waals surface area contributed by atoms with E-state index in [-0.39, 0.29) is 5.78 Å². The molecule has 0 saturated carbocycles. The Morgan fingerprint density at radius 3 is 2.53 bits per heavy atom. The van der Waals surface area contributed by atoms with Crippen LogP contribution < -0.4 is 0 Å². The molecule has 0 fully saturated rings. The van der Waals surface area contributed by atoms with Crippen molar-refractivity contribution in [3.05, 3.63) is 53.6 Å². The van der Waals surface area contributed by atoms with Crippen LogP contribution in [0.15, 0.2) is 48.1 Å². The van der Waals surface area contributed by atoms with E-state index in [0.29, 0.717) is 17.6 Å². The van der Waals surface area contributed by atoms with Crippen molar-refractivity contribution in [2.45, 2.75) is 6.42 Å². The van der Waals surface area contributed by atoms with E-state index in [9.17, 15) is 9.59 Å². The van der Waals surface area contributed by atoms with Gasteiger partial charge in [0.15, 0.2) is 5.78 Å². The molecule has 0 heterocycles. The summed E-state index contributed by atoms with van der Waals surface area (Å²) >= 11 is 0. The summed E-state index contributed by atoms with van der Waals surface area (Å²) in [5.41, 5.74) is 2.07. The van der Waals surface area contributed by atoms with Crippen molar-refractivity contribution in [3.63, 3.8) is 0 Å². The average molecular weight is 198 g/mol. The molecule has 0 aliphatic heterocycles. The molecule has 1 aliphatic rings.